The van der Waals surface area contributed by atoms with Gasteiger partial charge >= 0.3 is 0 Å². The van der Waals surface area contributed by atoms with Crippen LogP contribution in [0.25, 0.3) is 0 Å². The molecule has 0 spiro atoms. The molecule has 0 radical (unpaired) electrons. The van der Waals surface area contributed by atoms with Crippen LogP contribution >= 0.6 is 11.6 Å². The molecule has 3 rings (SSSR count). The molecule has 23 heavy (non-hydrogen) atoms. The molecule has 0 bridgehead atoms. The highest BCUT2D eigenvalue weighted by Gasteiger charge is 2.23. The van der Waals surface area contributed by atoms with E-state index in [1.807, 2.05) is 30.3 Å². The van der Waals surface area contributed by atoms with Crippen LogP contribution in [0.2, 0.25) is 5.02 Å². The fraction of sp³-hybridized carbons (Fsp3) is 0.263. The van der Waals surface area contributed by atoms with Gasteiger partial charge < -0.3 is 4.90 Å². The van der Waals surface area contributed by atoms with Gasteiger partial charge in [-0.15, -0.1) is 0 Å². The number of benzene rings is 2. The first kappa shape index (κ1) is 15.8. The van der Waals surface area contributed by atoms with Crippen molar-refractivity contribution in [1.82, 2.24) is 0 Å². The Kier molecular flexibility index (Phi) is 4.49. The molecule has 3 nitrogen and oxygen atoms in total. The van der Waals surface area contributed by atoms with Crippen molar-refractivity contribution >= 4 is 29.0 Å². The van der Waals surface area contributed by atoms with E-state index in [1.165, 1.54) is 0 Å². The maximum atomic E-state index is 12.7. The molecule has 0 aromatic heterocycles. The van der Waals surface area contributed by atoms with Gasteiger partial charge in [0.2, 0.25) is 5.91 Å². The number of nitrogens with zero attached hydrogens (tertiary/aromatic N) is 1. The molecule has 0 saturated carbocycles. The Morgan fingerprint density at radius 1 is 1.13 bits per heavy atom. The van der Waals surface area contributed by atoms with Crippen LogP contribution in [0.4, 0.5) is 5.69 Å². The average molecular weight is 328 g/mol. The lowest BCUT2D eigenvalue weighted by Gasteiger charge is -2.30. The maximum Gasteiger partial charge on any atom is 0.231 e. The highest BCUT2D eigenvalue weighted by atomic mass is 35.5. The molecule has 0 fully saturated rings. The molecule has 2 aromatic rings. The Hall–Kier alpha value is -2.13. The van der Waals surface area contributed by atoms with Gasteiger partial charge in [0.25, 0.3) is 0 Å². The minimum atomic E-state index is 0.0171. The molecule has 118 valence electrons. The zero-order valence-corrected chi connectivity index (χ0v) is 13.8. The molecule has 1 amide bonds. The number of hydrogen-bond acceptors (Lipinski definition) is 2. The van der Waals surface area contributed by atoms with Crippen molar-refractivity contribution in [1.29, 1.82) is 0 Å². The Labute approximate surface area is 140 Å². The lowest BCUT2D eigenvalue weighted by Crippen LogP contribution is -2.36. The van der Waals surface area contributed by atoms with Gasteiger partial charge in [0.1, 0.15) is 0 Å². The summed E-state index contributed by atoms with van der Waals surface area (Å²) in [5.74, 6) is 0.0671. The van der Waals surface area contributed by atoms with Crippen LogP contribution in [-0.4, -0.2) is 18.2 Å². The fourth-order valence-corrected chi connectivity index (χ4v) is 3.05. The first-order valence-corrected chi connectivity index (χ1v) is 8.11. The number of carbonyl (C=O) groups excluding carboxylic acids is 2. The monoisotopic (exact) mass is 327 g/mol. The molecule has 0 N–H and O–H groups in total. The maximum absolute atomic E-state index is 12.7. The quantitative estimate of drug-likeness (QED) is 0.797. The third-order valence-corrected chi connectivity index (χ3v) is 4.43. The zero-order chi connectivity index (χ0) is 16.4. The van der Waals surface area contributed by atoms with Crippen molar-refractivity contribution < 1.29 is 9.59 Å². The second kappa shape index (κ2) is 6.55. The summed E-state index contributed by atoms with van der Waals surface area (Å²) in [7, 11) is 0. The molecule has 2 aromatic carbocycles. The van der Waals surface area contributed by atoms with Crippen LogP contribution in [0.1, 0.15) is 34.8 Å². The number of rotatable bonds is 3. The van der Waals surface area contributed by atoms with E-state index in [4.69, 9.17) is 11.6 Å². The number of Topliss-reactive ketones (excluding diaryl/α,β-unsaturated/α-hetero) is 1. The Morgan fingerprint density at radius 2 is 1.87 bits per heavy atom. The van der Waals surface area contributed by atoms with Gasteiger partial charge in [0.05, 0.1) is 6.42 Å². The molecule has 0 aliphatic carbocycles. The normalized spacial score (nSPS) is 13.6. The number of anilines is 1. The Bertz CT molecular complexity index is 752. The average Bonchev–Trinajstić information content (AvgIpc) is 2.55. The third kappa shape index (κ3) is 3.45. The second-order valence-corrected chi connectivity index (χ2v) is 6.29. The van der Waals surface area contributed by atoms with Crippen LogP contribution in [0.5, 0.6) is 0 Å². The van der Waals surface area contributed by atoms with Crippen molar-refractivity contribution in [2.75, 3.05) is 11.4 Å². The van der Waals surface area contributed by atoms with Gasteiger partial charge in [0, 0.05) is 22.8 Å². The van der Waals surface area contributed by atoms with Gasteiger partial charge in [-0.3, -0.25) is 9.59 Å². The molecular weight excluding hydrogens is 310 g/mol. The molecule has 0 saturated heterocycles. The predicted molar refractivity (Wildman–Crippen MR) is 92.3 cm³/mol. The van der Waals surface area contributed by atoms with E-state index >= 15 is 0 Å². The zero-order valence-electron chi connectivity index (χ0n) is 13.0. The minimum Gasteiger partial charge on any atom is -0.312 e. The molecule has 0 unspecified atom stereocenters. The summed E-state index contributed by atoms with van der Waals surface area (Å²) in [6.45, 7) is 2.24. The number of amides is 1. The lowest BCUT2D eigenvalue weighted by atomic mass is 9.97. The third-order valence-electron chi connectivity index (χ3n) is 4.18. The number of aryl methyl sites for hydroxylation is 1. The smallest absolute Gasteiger partial charge is 0.231 e. The Balaban J connectivity index is 1.86. The van der Waals surface area contributed by atoms with Crippen LogP contribution < -0.4 is 4.90 Å². The number of carbonyl (C=O) groups is 2. The van der Waals surface area contributed by atoms with Crippen molar-refractivity contribution in [3.8, 4) is 0 Å². The van der Waals surface area contributed by atoms with Crippen LogP contribution in [0.15, 0.2) is 42.5 Å². The van der Waals surface area contributed by atoms with E-state index in [2.05, 4.69) is 0 Å². The summed E-state index contributed by atoms with van der Waals surface area (Å²) in [5, 5.41) is 0.663. The van der Waals surface area contributed by atoms with Crippen LogP contribution in [-0.2, 0) is 17.6 Å². The summed E-state index contributed by atoms with van der Waals surface area (Å²) in [6.07, 6.45) is 2.22. The molecule has 1 aliphatic heterocycles. The van der Waals surface area contributed by atoms with E-state index in [0.29, 0.717) is 23.6 Å². The highest BCUT2D eigenvalue weighted by molar-refractivity contribution is 6.30. The summed E-state index contributed by atoms with van der Waals surface area (Å²) >= 11 is 5.88. The van der Waals surface area contributed by atoms with Gasteiger partial charge in [0.15, 0.2) is 5.78 Å². The van der Waals surface area contributed by atoms with Crippen molar-refractivity contribution in [2.24, 2.45) is 0 Å². The number of hydrogen-bond donors (Lipinski definition) is 0. The van der Waals surface area contributed by atoms with Gasteiger partial charge in [-0.05, 0) is 49.1 Å². The second-order valence-electron chi connectivity index (χ2n) is 5.85. The number of halogens is 1. The summed E-state index contributed by atoms with van der Waals surface area (Å²) < 4.78 is 0. The minimum absolute atomic E-state index is 0.0171. The van der Waals surface area contributed by atoms with E-state index in [1.54, 1.807) is 24.0 Å². The molecular formula is C19H18ClNO2. The summed E-state index contributed by atoms with van der Waals surface area (Å²) in [4.78, 5) is 26.1. The topological polar surface area (TPSA) is 37.4 Å². The largest absolute Gasteiger partial charge is 0.312 e. The first-order chi connectivity index (χ1) is 11.0. The van der Waals surface area contributed by atoms with E-state index in [9.17, 15) is 9.59 Å². The molecule has 0 atom stereocenters. The fourth-order valence-electron chi connectivity index (χ4n) is 2.92. The molecule has 1 heterocycles. The van der Waals surface area contributed by atoms with Crippen molar-refractivity contribution in [3.63, 3.8) is 0 Å². The number of fused-ring (bicyclic) bond motifs is 1. The van der Waals surface area contributed by atoms with Gasteiger partial charge in [-0.1, -0.05) is 35.9 Å². The van der Waals surface area contributed by atoms with E-state index in [0.717, 1.165) is 29.7 Å². The first-order valence-electron chi connectivity index (χ1n) is 7.73. The van der Waals surface area contributed by atoms with Crippen molar-refractivity contribution in [2.45, 2.75) is 26.2 Å². The summed E-state index contributed by atoms with van der Waals surface area (Å²) in [5.41, 5.74) is 3.60. The standard InChI is InChI=1S/C19H18ClNO2/c1-13(22)16-7-6-15-3-2-10-21(18(15)12-16)19(23)11-14-4-8-17(20)9-5-14/h4-9,12H,2-3,10-11H2,1H3. The molecule has 1 aliphatic rings. The lowest BCUT2D eigenvalue weighted by molar-refractivity contribution is -0.118. The highest BCUT2D eigenvalue weighted by Crippen LogP contribution is 2.29. The Morgan fingerprint density at radius 3 is 2.57 bits per heavy atom. The van der Waals surface area contributed by atoms with E-state index < -0.39 is 0 Å². The molecule has 4 heteroatoms. The van der Waals surface area contributed by atoms with Crippen LogP contribution in [0, 0.1) is 0 Å². The summed E-state index contributed by atoms with van der Waals surface area (Å²) in [6, 6.07) is 13.0. The van der Waals surface area contributed by atoms with Crippen LogP contribution in [0.3, 0.4) is 0 Å². The SMILES string of the molecule is CC(=O)c1ccc2c(c1)N(C(=O)Cc1ccc(Cl)cc1)CCC2. The predicted octanol–water partition coefficient (Wildman–Crippen LogP) is 4.06. The van der Waals surface area contributed by atoms with Crippen molar-refractivity contribution in [3.05, 3.63) is 64.2 Å². The van der Waals surface area contributed by atoms with E-state index in [-0.39, 0.29) is 11.7 Å². The van der Waals surface area contributed by atoms with Gasteiger partial charge in [-0.2, -0.15) is 0 Å². The number of ketones is 1. The van der Waals surface area contributed by atoms with Gasteiger partial charge in [-0.25, -0.2) is 0 Å².